The molecule has 0 saturated carbocycles. The molecule has 1 atom stereocenters. The molecule has 1 N–H and O–H groups in total. The van der Waals surface area contributed by atoms with Crippen LogP contribution in [0.15, 0.2) is 35.2 Å². The molecule has 0 saturated heterocycles. The third kappa shape index (κ3) is 4.34. The number of carbonyl (C=O) groups excluding carboxylic acids is 1. The largest absolute Gasteiger partial charge is 0.492 e. The van der Waals surface area contributed by atoms with Gasteiger partial charge in [-0.25, -0.2) is 12.7 Å². The highest BCUT2D eigenvalue weighted by Crippen LogP contribution is 2.38. The summed E-state index contributed by atoms with van der Waals surface area (Å²) in [5.74, 6) is 0.662. The SMILES string of the molecule is CCOc1cc2c(cc1NC(=O)c1cc(S(=O)(=O)N(C)C)ccc1Cl)OC(C)C2. The second-order valence-electron chi connectivity index (χ2n) is 6.90. The monoisotopic (exact) mass is 438 g/mol. The summed E-state index contributed by atoms with van der Waals surface area (Å²) in [6.07, 6.45) is 0.813. The zero-order valence-electron chi connectivity index (χ0n) is 16.7. The van der Waals surface area contributed by atoms with E-state index < -0.39 is 15.9 Å². The van der Waals surface area contributed by atoms with Crippen molar-refractivity contribution < 1.29 is 22.7 Å². The standard InChI is InChI=1S/C20H23ClN2O5S/c1-5-27-19-9-13-8-12(2)28-18(13)11-17(19)22-20(24)15-10-14(6-7-16(15)21)29(25,26)23(3)4/h6-7,9-12H,5,8H2,1-4H3,(H,22,24). The van der Waals surface area contributed by atoms with E-state index in [2.05, 4.69) is 5.32 Å². The van der Waals surface area contributed by atoms with E-state index in [4.69, 9.17) is 21.1 Å². The van der Waals surface area contributed by atoms with E-state index in [1.807, 2.05) is 19.9 Å². The average molecular weight is 439 g/mol. The molecule has 0 bridgehead atoms. The van der Waals surface area contributed by atoms with Gasteiger partial charge in [0.25, 0.3) is 5.91 Å². The van der Waals surface area contributed by atoms with Crippen LogP contribution in [0.2, 0.25) is 5.02 Å². The van der Waals surface area contributed by atoms with Crippen LogP contribution in [0.5, 0.6) is 11.5 Å². The summed E-state index contributed by atoms with van der Waals surface area (Å²) in [6, 6.07) is 7.59. The molecule has 0 aromatic heterocycles. The van der Waals surface area contributed by atoms with E-state index in [-0.39, 0.29) is 21.6 Å². The second-order valence-corrected chi connectivity index (χ2v) is 9.46. The zero-order chi connectivity index (χ0) is 21.3. The molecule has 3 rings (SSSR count). The van der Waals surface area contributed by atoms with Crippen LogP contribution in [0.4, 0.5) is 5.69 Å². The van der Waals surface area contributed by atoms with E-state index in [0.717, 1.165) is 16.3 Å². The van der Waals surface area contributed by atoms with Gasteiger partial charge < -0.3 is 14.8 Å². The fraction of sp³-hybridized carbons (Fsp3) is 0.350. The summed E-state index contributed by atoms with van der Waals surface area (Å²) < 4.78 is 37.3. The van der Waals surface area contributed by atoms with Gasteiger partial charge in [-0.3, -0.25) is 4.79 Å². The van der Waals surface area contributed by atoms with Gasteiger partial charge in [0.15, 0.2) is 0 Å². The Morgan fingerprint density at radius 1 is 1.31 bits per heavy atom. The van der Waals surface area contributed by atoms with Crippen molar-refractivity contribution in [2.45, 2.75) is 31.3 Å². The molecule has 1 unspecified atom stereocenters. The topological polar surface area (TPSA) is 84.9 Å². The van der Waals surface area contributed by atoms with Crippen molar-refractivity contribution in [1.82, 2.24) is 4.31 Å². The number of anilines is 1. The van der Waals surface area contributed by atoms with Crippen molar-refractivity contribution in [2.75, 3.05) is 26.0 Å². The van der Waals surface area contributed by atoms with Gasteiger partial charge in [0.2, 0.25) is 10.0 Å². The number of nitrogens with one attached hydrogen (secondary N) is 1. The third-order valence-corrected chi connectivity index (χ3v) is 6.65. The highest BCUT2D eigenvalue weighted by Gasteiger charge is 2.24. The average Bonchev–Trinajstić information content (AvgIpc) is 3.01. The number of fused-ring (bicyclic) bond motifs is 1. The van der Waals surface area contributed by atoms with Crippen LogP contribution in [0.1, 0.15) is 29.8 Å². The minimum Gasteiger partial charge on any atom is -0.492 e. The van der Waals surface area contributed by atoms with Crippen molar-refractivity contribution in [3.8, 4) is 11.5 Å². The molecule has 7 nitrogen and oxygen atoms in total. The molecule has 9 heteroatoms. The van der Waals surface area contributed by atoms with Crippen molar-refractivity contribution in [1.29, 1.82) is 0 Å². The van der Waals surface area contributed by atoms with E-state index in [0.29, 0.717) is 23.8 Å². The quantitative estimate of drug-likeness (QED) is 0.745. The van der Waals surface area contributed by atoms with Gasteiger partial charge in [-0.1, -0.05) is 11.6 Å². The Bertz CT molecular complexity index is 1050. The lowest BCUT2D eigenvalue weighted by molar-refractivity contribution is 0.102. The number of benzene rings is 2. The lowest BCUT2D eigenvalue weighted by Gasteiger charge is -2.15. The Labute approximate surface area is 175 Å². The van der Waals surface area contributed by atoms with Crippen LogP contribution < -0.4 is 14.8 Å². The van der Waals surface area contributed by atoms with Crippen LogP contribution >= 0.6 is 11.6 Å². The molecule has 1 amide bonds. The van der Waals surface area contributed by atoms with E-state index in [9.17, 15) is 13.2 Å². The van der Waals surface area contributed by atoms with Crippen LogP contribution in [0, 0.1) is 0 Å². The molecule has 2 aromatic carbocycles. The minimum atomic E-state index is -3.70. The van der Waals surface area contributed by atoms with Gasteiger partial charge in [0.1, 0.15) is 17.6 Å². The van der Waals surface area contributed by atoms with Crippen LogP contribution in [0.25, 0.3) is 0 Å². The molecule has 29 heavy (non-hydrogen) atoms. The predicted octanol–water partition coefficient (Wildman–Crippen LogP) is 3.56. The van der Waals surface area contributed by atoms with E-state index in [1.54, 1.807) is 6.07 Å². The highest BCUT2D eigenvalue weighted by atomic mass is 35.5. The molecular weight excluding hydrogens is 416 g/mol. The fourth-order valence-electron chi connectivity index (χ4n) is 3.05. The van der Waals surface area contributed by atoms with E-state index in [1.165, 1.54) is 32.3 Å². The van der Waals surface area contributed by atoms with Gasteiger partial charge in [0, 0.05) is 32.1 Å². The Morgan fingerprint density at radius 2 is 2.03 bits per heavy atom. The van der Waals surface area contributed by atoms with Gasteiger partial charge in [-0.15, -0.1) is 0 Å². The van der Waals surface area contributed by atoms with Crippen molar-refractivity contribution in [3.63, 3.8) is 0 Å². The van der Waals surface area contributed by atoms with E-state index >= 15 is 0 Å². The molecule has 0 spiro atoms. The van der Waals surface area contributed by atoms with Crippen molar-refractivity contribution >= 4 is 33.2 Å². The van der Waals surface area contributed by atoms with Gasteiger partial charge in [0.05, 0.1) is 27.8 Å². The Hall–Kier alpha value is -2.29. The number of ether oxygens (including phenoxy) is 2. The molecule has 1 aliphatic rings. The maximum Gasteiger partial charge on any atom is 0.257 e. The van der Waals surface area contributed by atoms with Crippen LogP contribution in [0.3, 0.4) is 0 Å². The summed E-state index contributed by atoms with van der Waals surface area (Å²) in [6.45, 7) is 4.24. The first-order valence-corrected chi connectivity index (χ1v) is 10.9. The van der Waals surface area contributed by atoms with Crippen molar-refractivity contribution in [3.05, 3.63) is 46.5 Å². The summed E-state index contributed by atoms with van der Waals surface area (Å²) in [5.41, 5.74) is 1.49. The number of hydrogen-bond donors (Lipinski definition) is 1. The number of nitrogens with zero attached hydrogens (tertiary/aromatic N) is 1. The molecule has 1 heterocycles. The Balaban J connectivity index is 1.96. The molecule has 2 aromatic rings. The Morgan fingerprint density at radius 3 is 2.69 bits per heavy atom. The molecule has 156 valence electrons. The summed E-state index contributed by atoms with van der Waals surface area (Å²) in [5, 5.41) is 2.91. The highest BCUT2D eigenvalue weighted by molar-refractivity contribution is 7.89. The third-order valence-electron chi connectivity index (χ3n) is 4.51. The molecule has 0 radical (unpaired) electrons. The molecular formula is C20H23ClN2O5S. The zero-order valence-corrected chi connectivity index (χ0v) is 18.2. The second kappa shape index (κ2) is 8.22. The van der Waals surface area contributed by atoms with Gasteiger partial charge >= 0.3 is 0 Å². The predicted molar refractivity (Wildman–Crippen MR) is 112 cm³/mol. The minimum absolute atomic E-state index is 0.0202. The number of carbonyl (C=O) groups is 1. The molecule has 0 fully saturated rings. The number of rotatable bonds is 6. The first kappa shape index (κ1) is 21.4. The fourth-order valence-corrected chi connectivity index (χ4v) is 4.18. The first-order valence-electron chi connectivity index (χ1n) is 9.13. The lowest BCUT2D eigenvalue weighted by Crippen LogP contribution is -2.23. The summed E-state index contributed by atoms with van der Waals surface area (Å²) >= 11 is 6.18. The molecule has 1 aliphatic heterocycles. The van der Waals surface area contributed by atoms with Crippen LogP contribution in [-0.4, -0.2) is 45.4 Å². The van der Waals surface area contributed by atoms with Crippen molar-refractivity contribution in [2.24, 2.45) is 0 Å². The Kier molecular flexibility index (Phi) is 6.07. The number of hydrogen-bond acceptors (Lipinski definition) is 5. The van der Waals surface area contributed by atoms with Gasteiger partial charge in [-0.05, 0) is 38.1 Å². The summed E-state index contributed by atoms with van der Waals surface area (Å²) in [7, 11) is -0.863. The van der Waals surface area contributed by atoms with Gasteiger partial charge in [-0.2, -0.15) is 0 Å². The number of sulfonamides is 1. The molecule has 0 aliphatic carbocycles. The summed E-state index contributed by atoms with van der Waals surface area (Å²) in [4.78, 5) is 12.9. The normalized spacial score (nSPS) is 15.7. The maximum absolute atomic E-state index is 12.9. The lowest BCUT2D eigenvalue weighted by atomic mass is 10.1. The first-order chi connectivity index (χ1) is 13.6. The smallest absolute Gasteiger partial charge is 0.257 e. The number of halogens is 1. The maximum atomic E-state index is 12.9. The van der Waals surface area contributed by atoms with Crippen LogP contribution in [-0.2, 0) is 16.4 Å². The number of amides is 1.